The first-order valence-electron chi connectivity index (χ1n) is 4.95. The molecule has 0 aromatic rings. The maximum Gasteiger partial charge on any atom is 0.0101 e. The molecule has 0 aromatic carbocycles. The average Bonchev–Trinajstić information content (AvgIpc) is 2.44. The fourth-order valence-electron chi connectivity index (χ4n) is 3.37. The van der Waals surface area contributed by atoms with Crippen molar-refractivity contribution in [1.29, 1.82) is 0 Å². The van der Waals surface area contributed by atoms with Gasteiger partial charge in [0.15, 0.2) is 0 Å². The molecule has 64 valence electrons. The van der Waals surface area contributed by atoms with Crippen molar-refractivity contribution in [1.82, 2.24) is 0 Å². The maximum absolute atomic E-state index is 6.17. The summed E-state index contributed by atoms with van der Waals surface area (Å²) in [6, 6.07) is 0.536. The van der Waals surface area contributed by atoms with Crippen LogP contribution in [0.2, 0.25) is 0 Å². The number of nitrogens with two attached hydrogens (primary N) is 1. The van der Waals surface area contributed by atoms with Crippen molar-refractivity contribution in [3.05, 3.63) is 0 Å². The standard InChI is InChI=1S/C10H19N/c1-6(2)9-7-3-4-8(5-7)10(9)11/h6-10H,3-5,11H2,1-2H3/t7-,8?,9?,10?/m0/s1. The van der Waals surface area contributed by atoms with Gasteiger partial charge in [-0.2, -0.15) is 0 Å². The highest BCUT2D eigenvalue weighted by molar-refractivity contribution is 4.99. The van der Waals surface area contributed by atoms with Crippen LogP contribution in [0, 0.1) is 23.7 Å². The van der Waals surface area contributed by atoms with Gasteiger partial charge in [0.2, 0.25) is 0 Å². The Morgan fingerprint density at radius 3 is 2.18 bits per heavy atom. The van der Waals surface area contributed by atoms with Crippen molar-refractivity contribution in [2.24, 2.45) is 29.4 Å². The molecule has 0 heterocycles. The van der Waals surface area contributed by atoms with E-state index in [1.54, 1.807) is 0 Å². The first kappa shape index (κ1) is 7.60. The molecule has 2 N–H and O–H groups in total. The first-order valence-corrected chi connectivity index (χ1v) is 4.95. The molecule has 0 aromatic heterocycles. The lowest BCUT2D eigenvalue weighted by molar-refractivity contribution is 0.222. The Hall–Kier alpha value is -0.0400. The van der Waals surface area contributed by atoms with Gasteiger partial charge in [0, 0.05) is 6.04 Å². The van der Waals surface area contributed by atoms with Gasteiger partial charge < -0.3 is 5.73 Å². The second kappa shape index (κ2) is 2.48. The summed E-state index contributed by atoms with van der Waals surface area (Å²) in [7, 11) is 0. The van der Waals surface area contributed by atoms with E-state index in [9.17, 15) is 0 Å². The summed E-state index contributed by atoms with van der Waals surface area (Å²) in [6.45, 7) is 4.65. The molecule has 0 radical (unpaired) electrons. The molecule has 0 amide bonds. The van der Waals surface area contributed by atoms with E-state index in [0.717, 1.165) is 23.7 Å². The van der Waals surface area contributed by atoms with Crippen molar-refractivity contribution >= 4 is 0 Å². The Labute approximate surface area is 69.4 Å². The van der Waals surface area contributed by atoms with Crippen LogP contribution in [0.4, 0.5) is 0 Å². The average molecular weight is 153 g/mol. The Morgan fingerprint density at radius 2 is 1.82 bits per heavy atom. The highest BCUT2D eigenvalue weighted by Crippen LogP contribution is 2.50. The minimum Gasteiger partial charge on any atom is -0.327 e. The van der Waals surface area contributed by atoms with Gasteiger partial charge in [0.1, 0.15) is 0 Å². The molecule has 2 bridgehead atoms. The second-order valence-corrected chi connectivity index (χ2v) is 4.73. The van der Waals surface area contributed by atoms with E-state index in [0.29, 0.717) is 6.04 Å². The Bertz CT molecular complexity index is 151. The maximum atomic E-state index is 6.17. The van der Waals surface area contributed by atoms with Crippen LogP contribution < -0.4 is 5.73 Å². The topological polar surface area (TPSA) is 26.0 Å². The van der Waals surface area contributed by atoms with Crippen LogP contribution in [0.5, 0.6) is 0 Å². The minimum absolute atomic E-state index is 0.536. The number of hydrogen-bond donors (Lipinski definition) is 1. The van der Waals surface area contributed by atoms with Crippen LogP contribution in [0.1, 0.15) is 33.1 Å². The Morgan fingerprint density at radius 1 is 1.18 bits per heavy atom. The second-order valence-electron chi connectivity index (χ2n) is 4.73. The molecule has 2 fully saturated rings. The lowest BCUT2D eigenvalue weighted by Crippen LogP contribution is -2.38. The highest BCUT2D eigenvalue weighted by Gasteiger charge is 2.46. The van der Waals surface area contributed by atoms with Gasteiger partial charge in [0.25, 0.3) is 0 Å². The summed E-state index contributed by atoms with van der Waals surface area (Å²) in [5.74, 6) is 3.51. The van der Waals surface area contributed by atoms with Crippen LogP contribution in [-0.4, -0.2) is 6.04 Å². The molecule has 0 saturated heterocycles. The van der Waals surface area contributed by atoms with Gasteiger partial charge in [0.05, 0.1) is 0 Å². The lowest BCUT2D eigenvalue weighted by Gasteiger charge is -2.31. The summed E-state index contributed by atoms with van der Waals surface area (Å²) in [6.07, 6.45) is 4.31. The summed E-state index contributed by atoms with van der Waals surface area (Å²) in [5, 5.41) is 0. The Kier molecular flexibility index (Phi) is 1.71. The van der Waals surface area contributed by atoms with Gasteiger partial charge in [-0.15, -0.1) is 0 Å². The van der Waals surface area contributed by atoms with E-state index in [1.807, 2.05) is 0 Å². The highest BCUT2D eigenvalue weighted by atomic mass is 14.7. The Balaban J connectivity index is 2.11. The number of rotatable bonds is 1. The third-order valence-electron chi connectivity index (χ3n) is 3.82. The predicted molar refractivity (Wildman–Crippen MR) is 47.1 cm³/mol. The monoisotopic (exact) mass is 153 g/mol. The molecule has 0 aliphatic heterocycles. The number of fused-ring (bicyclic) bond motifs is 2. The zero-order valence-corrected chi connectivity index (χ0v) is 7.59. The van der Waals surface area contributed by atoms with E-state index in [1.165, 1.54) is 19.3 Å². The van der Waals surface area contributed by atoms with Crippen molar-refractivity contribution in [2.75, 3.05) is 0 Å². The van der Waals surface area contributed by atoms with E-state index in [4.69, 9.17) is 5.73 Å². The summed E-state index contributed by atoms with van der Waals surface area (Å²) in [5.41, 5.74) is 6.17. The van der Waals surface area contributed by atoms with Crippen molar-refractivity contribution in [3.8, 4) is 0 Å². The lowest BCUT2D eigenvalue weighted by atomic mass is 9.78. The fourth-order valence-corrected chi connectivity index (χ4v) is 3.37. The zero-order valence-electron chi connectivity index (χ0n) is 7.59. The van der Waals surface area contributed by atoms with Crippen LogP contribution in [0.25, 0.3) is 0 Å². The van der Waals surface area contributed by atoms with Gasteiger partial charge in [-0.1, -0.05) is 13.8 Å². The summed E-state index contributed by atoms with van der Waals surface area (Å²) in [4.78, 5) is 0. The van der Waals surface area contributed by atoms with Gasteiger partial charge in [-0.05, 0) is 42.9 Å². The molecule has 1 heteroatoms. The number of hydrogen-bond acceptors (Lipinski definition) is 1. The molecule has 2 rings (SSSR count). The summed E-state index contributed by atoms with van der Waals surface area (Å²) >= 11 is 0. The van der Waals surface area contributed by atoms with E-state index in [-0.39, 0.29) is 0 Å². The first-order chi connectivity index (χ1) is 5.20. The molecule has 2 aliphatic rings. The quantitative estimate of drug-likeness (QED) is 0.612. The van der Waals surface area contributed by atoms with Crippen molar-refractivity contribution in [2.45, 2.75) is 39.2 Å². The zero-order chi connectivity index (χ0) is 8.01. The molecule has 2 saturated carbocycles. The smallest absolute Gasteiger partial charge is 0.0101 e. The normalized spacial score (nSPS) is 49.1. The fraction of sp³-hybridized carbons (Fsp3) is 1.00. The van der Waals surface area contributed by atoms with Crippen LogP contribution in [0.15, 0.2) is 0 Å². The third-order valence-corrected chi connectivity index (χ3v) is 3.82. The van der Waals surface area contributed by atoms with Gasteiger partial charge in [-0.3, -0.25) is 0 Å². The SMILES string of the molecule is CC(C)C1C(N)C2CC[C@H]1C2. The van der Waals surface area contributed by atoms with Crippen molar-refractivity contribution in [3.63, 3.8) is 0 Å². The third kappa shape index (κ3) is 1.01. The van der Waals surface area contributed by atoms with E-state index < -0.39 is 0 Å². The van der Waals surface area contributed by atoms with Crippen molar-refractivity contribution < 1.29 is 0 Å². The molecular weight excluding hydrogens is 134 g/mol. The van der Waals surface area contributed by atoms with E-state index in [2.05, 4.69) is 13.8 Å². The molecule has 11 heavy (non-hydrogen) atoms. The van der Waals surface area contributed by atoms with E-state index >= 15 is 0 Å². The molecule has 2 aliphatic carbocycles. The molecule has 4 atom stereocenters. The minimum atomic E-state index is 0.536. The predicted octanol–water partition coefficient (Wildman–Crippen LogP) is 2.02. The molecule has 3 unspecified atom stereocenters. The van der Waals surface area contributed by atoms with Crippen LogP contribution in [-0.2, 0) is 0 Å². The molecule has 0 spiro atoms. The van der Waals surface area contributed by atoms with Crippen LogP contribution in [0.3, 0.4) is 0 Å². The van der Waals surface area contributed by atoms with Gasteiger partial charge >= 0.3 is 0 Å². The largest absolute Gasteiger partial charge is 0.327 e. The molecule has 1 nitrogen and oxygen atoms in total. The summed E-state index contributed by atoms with van der Waals surface area (Å²) < 4.78 is 0. The molecular formula is C10H19N. The van der Waals surface area contributed by atoms with Gasteiger partial charge in [-0.25, -0.2) is 0 Å². The van der Waals surface area contributed by atoms with Crippen LogP contribution >= 0.6 is 0 Å².